The highest BCUT2D eigenvalue weighted by atomic mass is 32.2. The maximum absolute atomic E-state index is 12.3. The van der Waals surface area contributed by atoms with Crippen LogP contribution in [0.1, 0.15) is 17.3 Å². The molecule has 0 saturated heterocycles. The fourth-order valence-corrected chi connectivity index (χ4v) is 2.58. The zero-order valence-corrected chi connectivity index (χ0v) is 13.3. The molecule has 1 unspecified atom stereocenters. The molecule has 20 heavy (non-hydrogen) atoms. The van der Waals surface area contributed by atoms with Crippen LogP contribution in [0.5, 0.6) is 0 Å². The predicted molar refractivity (Wildman–Crippen MR) is 86.5 cm³/mol. The Morgan fingerprint density at radius 2 is 2.15 bits per heavy atom. The molecule has 0 saturated carbocycles. The molecule has 4 N–H and O–H groups in total. The maximum atomic E-state index is 12.3. The van der Waals surface area contributed by atoms with E-state index < -0.39 is 5.60 Å². The van der Waals surface area contributed by atoms with Gasteiger partial charge in [0.05, 0.1) is 11.2 Å². The highest BCUT2D eigenvalue weighted by Crippen LogP contribution is 2.21. The number of thioether (sulfide) groups is 1. The second-order valence-electron chi connectivity index (χ2n) is 5.28. The van der Waals surface area contributed by atoms with Crippen LogP contribution in [0.3, 0.4) is 0 Å². The van der Waals surface area contributed by atoms with Crippen LogP contribution in [0.15, 0.2) is 18.2 Å². The summed E-state index contributed by atoms with van der Waals surface area (Å²) in [6.07, 6.45) is 1.92. The van der Waals surface area contributed by atoms with Crippen molar-refractivity contribution in [3.63, 3.8) is 0 Å². The van der Waals surface area contributed by atoms with Crippen LogP contribution in [0.4, 0.5) is 11.4 Å². The van der Waals surface area contributed by atoms with Crippen molar-refractivity contribution in [2.45, 2.75) is 12.5 Å². The number of anilines is 2. The molecule has 0 bridgehead atoms. The molecule has 5 nitrogen and oxygen atoms in total. The van der Waals surface area contributed by atoms with E-state index in [-0.39, 0.29) is 12.5 Å². The topological polar surface area (TPSA) is 78.6 Å². The summed E-state index contributed by atoms with van der Waals surface area (Å²) in [6, 6.07) is 5.22. The van der Waals surface area contributed by atoms with Crippen molar-refractivity contribution >= 4 is 29.0 Å². The standard InChI is InChI=1S/C14H23N3O2S/c1-14(19,9-20-4)8-16-13(18)11-7-10(15)5-6-12(11)17(2)3/h5-7,19H,8-9,15H2,1-4H3,(H,16,18). The van der Waals surface area contributed by atoms with Gasteiger partial charge in [-0.15, -0.1) is 0 Å². The molecule has 0 aliphatic heterocycles. The molecule has 0 aliphatic carbocycles. The van der Waals surface area contributed by atoms with Crippen molar-refractivity contribution in [1.29, 1.82) is 0 Å². The molecular formula is C14H23N3O2S. The first-order valence-corrected chi connectivity index (χ1v) is 7.72. The number of nitrogen functional groups attached to an aromatic ring is 1. The van der Waals surface area contributed by atoms with E-state index in [1.807, 2.05) is 31.3 Å². The Morgan fingerprint density at radius 3 is 2.70 bits per heavy atom. The summed E-state index contributed by atoms with van der Waals surface area (Å²) in [7, 11) is 3.73. The molecule has 1 amide bonds. The van der Waals surface area contributed by atoms with Gasteiger partial charge in [0.1, 0.15) is 0 Å². The maximum Gasteiger partial charge on any atom is 0.253 e. The monoisotopic (exact) mass is 297 g/mol. The second-order valence-corrected chi connectivity index (χ2v) is 6.15. The largest absolute Gasteiger partial charge is 0.399 e. The lowest BCUT2D eigenvalue weighted by atomic mass is 10.1. The molecule has 6 heteroatoms. The Bertz CT molecular complexity index is 475. The first-order chi connectivity index (χ1) is 9.26. The third-order valence-electron chi connectivity index (χ3n) is 2.83. The summed E-state index contributed by atoms with van der Waals surface area (Å²) >= 11 is 1.54. The van der Waals surface area contributed by atoms with Gasteiger partial charge in [-0.2, -0.15) is 11.8 Å². The van der Waals surface area contributed by atoms with Gasteiger partial charge in [-0.05, 0) is 31.4 Å². The molecular weight excluding hydrogens is 274 g/mol. The van der Waals surface area contributed by atoms with Gasteiger partial charge in [-0.25, -0.2) is 0 Å². The highest BCUT2D eigenvalue weighted by molar-refractivity contribution is 7.98. The minimum Gasteiger partial charge on any atom is -0.399 e. The molecule has 1 atom stereocenters. The third-order valence-corrected chi connectivity index (χ3v) is 3.74. The molecule has 112 valence electrons. The number of aliphatic hydroxyl groups is 1. The Morgan fingerprint density at radius 1 is 1.50 bits per heavy atom. The van der Waals surface area contributed by atoms with Crippen LogP contribution in [-0.2, 0) is 0 Å². The number of hydrogen-bond donors (Lipinski definition) is 3. The molecule has 0 heterocycles. The van der Waals surface area contributed by atoms with Crippen LogP contribution in [0.25, 0.3) is 0 Å². The number of hydrogen-bond acceptors (Lipinski definition) is 5. The normalized spacial score (nSPS) is 13.7. The molecule has 0 fully saturated rings. The van der Waals surface area contributed by atoms with Gasteiger partial charge < -0.3 is 21.1 Å². The van der Waals surface area contributed by atoms with Gasteiger partial charge in [0.25, 0.3) is 5.91 Å². The van der Waals surface area contributed by atoms with E-state index in [4.69, 9.17) is 5.73 Å². The minimum atomic E-state index is -0.923. The number of amides is 1. The number of rotatable bonds is 6. The minimum absolute atomic E-state index is 0.203. The van der Waals surface area contributed by atoms with E-state index in [0.29, 0.717) is 17.0 Å². The van der Waals surface area contributed by atoms with E-state index in [9.17, 15) is 9.90 Å². The van der Waals surface area contributed by atoms with Crippen LogP contribution < -0.4 is 16.0 Å². The average molecular weight is 297 g/mol. The number of carbonyl (C=O) groups excluding carboxylic acids is 1. The Balaban J connectivity index is 2.85. The summed E-state index contributed by atoms with van der Waals surface area (Å²) < 4.78 is 0. The molecule has 1 rings (SSSR count). The summed E-state index contributed by atoms with van der Waals surface area (Å²) in [5.41, 5.74) is 6.66. The van der Waals surface area contributed by atoms with E-state index in [1.54, 1.807) is 19.1 Å². The highest BCUT2D eigenvalue weighted by Gasteiger charge is 2.22. The lowest BCUT2D eigenvalue weighted by Gasteiger charge is -2.23. The number of nitrogens with two attached hydrogens (primary N) is 1. The van der Waals surface area contributed by atoms with Crippen molar-refractivity contribution in [2.24, 2.45) is 0 Å². The molecule has 1 aromatic rings. The lowest BCUT2D eigenvalue weighted by Crippen LogP contribution is -2.42. The number of carbonyl (C=O) groups is 1. The first kappa shape index (κ1) is 16.7. The fourth-order valence-electron chi connectivity index (χ4n) is 1.85. The van der Waals surface area contributed by atoms with Crippen LogP contribution in [0, 0.1) is 0 Å². The SMILES string of the molecule is CSCC(C)(O)CNC(=O)c1cc(N)ccc1N(C)C. The van der Waals surface area contributed by atoms with Gasteiger partial charge >= 0.3 is 0 Å². The van der Waals surface area contributed by atoms with E-state index >= 15 is 0 Å². The lowest BCUT2D eigenvalue weighted by molar-refractivity contribution is 0.0725. The van der Waals surface area contributed by atoms with E-state index in [1.165, 1.54) is 11.8 Å². The summed E-state index contributed by atoms with van der Waals surface area (Å²) in [6.45, 7) is 1.91. The van der Waals surface area contributed by atoms with Crippen molar-refractivity contribution in [2.75, 3.05) is 43.3 Å². The van der Waals surface area contributed by atoms with Crippen LogP contribution in [0.2, 0.25) is 0 Å². The zero-order chi connectivity index (χ0) is 15.3. The van der Waals surface area contributed by atoms with Crippen molar-refractivity contribution in [3.05, 3.63) is 23.8 Å². The Labute approximate surface area is 124 Å². The summed E-state index contributed by atoms with van der Waals surface area (Å²) in [5.74, 6) is 0.326. The van der Waals surface area contributed by atoms with Gasteiger partial charge in [0.2, 0.25) is 0 Å². The molecule has 0 aliphatic rings. The van der Waals surface area contributed by atoms with Crippen LogP contribution in [-0.4, -0.2) is 49.3 Å². The number of nitrogens with one attached hydrogen (secondary N) is 1. The van der Waals surface area contributed by atoms with Crippen molar-refractivity contribution < 1.29 is 9.90 Å². The molecule has 1 aromatic carbocycles. The van der Waals surface area contributed by atoms with Gasteiger partial charge in [-0.3, -0.25) is 4.79 Å². The Hall–Kier alpha value is -1.40. The van der Waals surface area contributed by atoms with Crippen LogP contribution >= 0.6 is 11.8 Å². The summed E-state index contributed by atoms with van der Waals surface area (Å²) in [5, 5.41) is 12.8. The van der Waals surface area contributed by atoms with Gasteiger partial charge in [0, 0.05) is 37.8 Å². The quantitative estimate of drug-likeness (QED) is 0.687. The Kier molecular flexibility index (Phi) is 5.71. The second kappa shape index (κ2) is 6.85. The number of nitrogens with zero attached hydrogens (tertiary/aromatic N) is 1. The fraction of sp³-hybridized carbons (Fsp3) is 0.500. The molecule has 0 aromatic heterocycles. The third kappa shape index (κ3) is 4.61. The first-order valence-electron chi connectivity index (χ1n) is 6.33. The predicted octanol–water partition coefficient (Wildman–Crippen LogP) is 1.18. The van der Waals surface area contributed by atoms with Crippen molar-refractivity contribution in [3.8, 4) is 0 Å². The average Bonchev–Trinajstić information content (AvgIpc) is 2.35. The smallest absolute Gasteiger partial charge is 0.253 e. The molecule has 0 spiro atoms. The van der Waals surface area contributed by atoms with Gasteiger partial charge in [-0.1, -0.05) is 0 Å². The molecule has 0 radical (unpaired) electrons. The van der Waals surface area contributed by atoms with Crippen molar-refractivity contribution in [1.82, 2.24) is 5.32 Å². The number of benzene rings is 1. The van der Waals surface area contributed by atoms with E-state index in [2.05, 4.69) is 5.32 Å². The van der Waals surface area contributed by atoms with E-state index in [0.717, 1.165) is 5.69 Å². The zero-order valence-electron chi connectivity index (χ0n) is 12.4. The summed E-state index contributed by atoms with van der Waals surface area (Å²) in [4.78, 5) is 14.1. The van der Waals surface area contributed by atoms with Gasteiger partial charge in [0.15, 0.2) is 0 Å².